The van der Waals surface area contributed by atoms with Gasteiger partial charge >= 0.3 is 0 Å². The first-order valence-electron chi connectivity index (χ1n) is 6.73. The van der Waals surface area contributed by atoms with E-state index in [1.807, 2.05) is 17.0 Å². The molecule has 0 spiro atoms. The molecule has 0 radical (unpaired) electrons. The third kappa shape index (κ3) is 4.84. The first-order chi connectivity index (χ1) is 10.1. The summed E-state index contributed by atoms with van der Waals surface area (Å²) in [6, 6.07) is 3.73. The van der Waals surface area contributed by atoms with E-state index in [2.05, 4.69) is 11.9 Å². The fourth-order valence-corrected chi connectivity index (χ4v) is 3.17. The maximum Gasteiger partial charge on any atom is 0.246 e. The van der Waals surface area contributed by atoms with Crippen molar-refractivity contribution in [3.63, 3.8) is 0 Å². The third-order valence-corrected chi connectivity index (χ3v) is 4.55. The standard InChI is InChI=1S/C14H18ClN3O2S/c1-2-14(20)18-7-5-17(6-8-18)10-13(19)16-9-11-3-4-12(15)21-11/h2-4H,1,5-10H2,(H,16,19). The van der Waals surface area contributed by atoms with Crippen molar-refractivity contribution in [3.8, 4) is 0 Å². The molecule has 2 amide bonds. The van der Waals surface area contributed by atoms with Gasteiger partial charge < -0.3 is 10.2 Å². The maximum absolute atomic E-state index is 11.9. The van der Waals surface area contributed by atoms with E-state index in [9.17, 15) is 9.59 Å². The van der Waals surface area contributed by atoms with Crippen LogP contribution < -0.4 is 5.32 Å². The molecule has 2 heterocycles. The zero-order valence-electron chi connectivity index (χ0n) is 11.7. The molecule has 1 aliphatic heterocycles. The first kappa shape index (κ1) is 16.0. The summed E-state index contributed by atoms with van der Waals surface area (Å²) in [6.07, 6.45) is 1.33. The molecule has 2 rings (SSSR count). The van der Waals surface area contributed by atoms with E-state index in [0.717, 1.165) is 9.21 Å². The van der Waals surface area contributed by atoms with Gasteiger partial charge in [-0.05, 0) is 18.2 Å². The predicted molar refractivity (Wildman–Crippen MR) is 84.4 cm³/mol. The zero-order valence-corrected chi connectivity index (χ0v) is 13.3. The Morgan fingerprint density at radius 2 is 2.05 bits per heavy atom. The molecule has 1 saturated heterocycles. The molecular formula is C14H18ClN3O2S. The second-order valence-electron chi connectivity index (χ2n) is 4.79. The molecule has 114 valence electrons. The number of amides is 2. The molecule has 5 nitrogen and oxygen atoms in total. The number of thiophene rings is 1. The summed E-state index contributed by atoms with van der Waals surface area (Å²) in [5, 5.41) is 2.88. The molecule has 1 aromatic rings. The van der Waals surface area contributed by atoms with Crippen molar-refractivity contribution in [3.05, 3.63) is 34.0 Å². The number of hydrogen-bond donors (Lipinski definition) is 1. The average molecular weight is 328 g/mol. The molecule has 1 aromatic heterocycles. The van der Waals surface area contributed by atoms with Crippen LogP contribution in [0, 0.1) is 0 Å². The van der Waals surface area contributed by atoms with Gasteiger partial charge in [-0.3, -0.25) is 14.5 Å². The van der Waals surface area contributed by atoms with Crippen molar-refractivity contribution in [2.24, 2.45) is 0 Å². The molecule has 0 atom stereocenters. The van der Waals surface area contributed by atoms with E-state index in [-0.39, 0.29) is 11.8 Å². The quantitative estimate of drug-likeness (QED) is 0.831. The van der Waals surface area contributed by atoms with Crippen LogP contribution in [0.4, 0.5) is 0 Å². The number of piperazine rings is 1. The van der Waals surface area contributed by atoms with E-state index in [0.29, 0.717) is 39.3 Å². The van der Waals surface area contributed by atoms with Crippen LogP contribution in [0.3, 0.4) is 0 Å². The third-order valence-electron chi connectivity index (χ3n) is 3.31. The molecule has 0 bridgehead atoms. The van der Waals surface area contributed by atoms with Crippen LogP contribution in [0.25, 0.3) is 0 Å². The van der Waals surface area contributed by atoms with Crippen LogP contribution in [0.15, 0.2) is 24.8 Å². The second kappa shape index (κ2) is 7.59. The molecule has 0 unspecified atom stereocenters. The second-order valence-corrected chi connectivity index (χ2v) is 6.59. The Labute approximate surface area is 133 Å². The zero-order chi connectivity index (χ0) is 15.2. The minimum Gasteiger partial charge on any atom is -0.350 e. The molecule has 1 fully saturated rings. The number of carbonyl (C=O) groups excluding carboxylic acids is 2. The molecular weight excluding hydrogens is 310 g/mol. The highest BCUT2D eigenvalue weighted by atomic mass is 35.5. The molecule has 7 heteroatoms. The lowest BCUT2D eigenvalue weighted by molar-refractivity contribution is -0.128. The van der Waals surface area contributed by atoms with Crippen LogP contribution in [-0.4, -0.2) is 54.3 Å². The van der Waals surface area contributed by atoms with Gasteiger partial charge in [0.2, 0.25) is 11.8 Å². The van der Waals surface area contributed by atoms with Crippen molar-refractivity contribution in [1.82, 2.24) is 15.1 Å². The predicted octanol–water partition coefficient (Wildman–Crippen LogP) is 1.35. The lowest BCUT2D eigenvalue weighted by Crippen LogP contribution is -2.50. The van der Waals surface area contributed by atoms with Gasteiger partial charge in [-0.15, -0.1) is 11.3 Å². The van der Waals surface area contributed by atoms with Gasteiger partial charge in [-0.25, -0.2) is 0 Å². The number of nitrogens with zero attached hydrogens (tertiary/aromatic N) is 2. The topological polar surface area (TPSA) is 52.7 Å². The fraction of sp³-hybridized carbons (Fsp3) is 0.429. The Morgan fingerprint density at radius 1 is 1.33 bits per heavy atom. The van der Waals surface area contributed by atoms with Gasteiger partial charge in [0.05, 0.1) is 17.4 Å². The summed E-state index contributed by atoms with van der Waals surface area (Å²) in [5.41, 5.74) is 0. The van der Waals surface area contributed by atoms with Crippen LogP contribution in [0.1, 0.15) is 4.88 Å². The van der Waals surface area contributed by atoms with Gasteiger partial charge in [-0.2, -0.15) is 0 Å². The van der Waals surface area contributed by atoms with Gasteiger partial charge in [0.15, 0.2) is 0 Å². The average Bonchev–Trinajstić information content (AvgIpc) is 2.91. The first-order valence-corrected chi connectivity index (χ1v) is 7.92. The van der Waals surface area contributed by atoms with Gasteiger partial charge in [0.1, 0.15) is 0 Å². The number of carbonyl (C=O) groups is 2. The fourth-order valence-electron chi connectivity index (χ4n) is 2.15. The van der Waals surface area contributed by atoms with Crippen molar-refractivity contribution in [2.45, 2.75) is 6.54 Å². The van der Waals surface area contributed by atoms with Crippen LogP contribution in [-0.2, 0) is 16.1 Å². The van der Waals surface area contributed by atoms with Crippen molar-refractivity contribution in [2.75, 3.05) is 32.7 Å². The Kier molecular flexibility index (Phi) is 5.78. The summed E-state index contributed by atoms with van der Waals surface area (Å²) >= 11 is 7.31. The SMILES string of the molecule is C=CC(=O)N1CCN(CC(=O)NCc2ccc(Cl)s2)CC1. The summed E-state index contributed by atoms with van der Waals surface area (Å²) in [5.74, 6) is -0.0586. The van der Waals surface area contributed by atoms with Gasteiger partial charge in [-0.1, -0.05) is 18.2 Å². The Morgan fingerprint density at radius 3 is 2.62 bits per heavy atom. The number of halogens is 1. The summed E-state index contributed by atoms with van der Waals surface area (Å²) in [4.78, 5) is 28.2. The molecule has 0 aliphatic carbocycles. The minimum absolute atomic E-state index is 0.0111. The maximum atomic E-state index is 11.9. The normalized spacial score (nSPS) is 15.8. The van der Waals surface area contributed by atoms with E-state index >= 15 is 0 Å². The molecule has 21 heavy (non-hydrogen) atoms. The van der Waals surface area contributed by atoms with Crippen molar-refractivity contribution in [1.29, 1.82) is 0 Å². The lowest BCUT2D eigenvalue weighted by atomic mass is 10.3. The van der Waals surface area contributed by atoms with Crippen molar-refractivity contribution < 1.29 is 9.59 Å². The Balaban J connectivity index is 1.69. The van der Waals surface area contributed by atoms with Crippen LogP contribution in [0.2, 0.25) is 4.34 Å². The minimum atomic E-state index is -0.0475. The van der Waals surface area contributed by atoms with Gasteiger partial charge in [0.25, 0.3) is 0 Å². The Hall–Kier alpha value is -1.37. The van der Waals surface area contributed by atoms with Crippen LogP contribution in [0.5, 0.6) is 0 Å². The highest BCUT2D eigenvalue weighted by Crippen LogP contribution is 2.20. The smallest absolute Gasteiger partial charge is 0.246 e. The number of hydrogen-bond acceptors (Lipinski definition) is 4. The van der Waals surface area contributed by atoms with E-state index < -0.39 is 0 Å². The lowest BCUT2D eigenvalue weighted by Gasteiger charge is -2.33. The summed E-state index contributed by atoms with van der Waals surface area (Å²) in [7, 11) is 0. The monoisotopic (exact) mass is 327 g/mol. The molecule has 1 aliphatic rings. The van der Waals surface area contributed by atoms with Gasteiger partial charge in [0, 0.05) is 31.1 Å². The molecule has 0 aromatic carbocycles. The highest BCUT2D eigenvalue weighted by Gasteiger charge is 2.20. The van der Waals surface area contributed by atoms with E-state index in [1.54, 1.807) is 4.90 Å². The van der Waals surface area contributed by atoms with E-state index in [4.69, 9.17) is 11.6 Å². The van der Waals surface area contributed by atoms with E-state index in [1.165, 1.54) is 17.4 Å². The number of rotatable bonds is 5. The number of nitrogens with one attached hydrogen (secondary N) is 1. The van der Waals surface area contributed by atoms with Crippen LogP contribution >= 0.6 is 22.9 Å². The largest absolute Gasteiger partial charge is 0.350 e. The van der Waals surface area contributed by atoms with Crippen molar-refractivity contribution >= 4 is 34.8 Å². The summed E-state index contributed by atoms with van der Waals surface area (Å²) < 4.78 is 0.724. The molecule has 1 N–H and O–H groups in total. The Bertz CT molecular complexity index is 524. The summed E-state index contributed by atoms with van der Waals surface area (Å²) in [6.45, 7) is 7.03. The highest BCUT2D eigenvalue weighted by molar-refractivity contribution is 7.16. The molecule has 0 saturated carbocycles.